The molecule has 0 spiro atoms. The second-order valence-corrected chi connectivity index (χ2v) is 5.21. The molecule has 1 heterocycles. The summed E-state index contributed by atoms with van der Waals surface area (Å²) in [7, 11) is 0. The fourth-order valence-corrected chi connectivity index (χ4v) is 2.53. The number of aryl methyl sites for hydroxylation is 1. The van der Waals surface area contributed by atoms with Crippen LogP contribution in [-0.2, 0) is 6.61 Å². The predicted molar refractivity (Wildman–Crippen MR) is 80.2 cm³/mol. The van der Waals surface area contributed by atoms with Crippen molar-refractivity contribution in [1.29, 1.82) is 0 Å². The van der Waals surface area contributed by atoms with Gasteiger partial charge >= 0.3 is 0 Å². The molecule has 20 heavy (non-hydrogen) atoms. The molecule has 0 fully saturated rings. The molecule has 0 aliphatic heterocycles. The van der Waals surface area contributed by atoms with Crippen molar-refractivity contribution in [2.45, 2.75) is 13.5 Å². The molecule has 1 N–H and O–H groups in total. The second-order valence-electron chi connectivity index (χ2n) is 4.12. The summed E-state index contributed by atoms with van der Waals surface area (Å²) in [6, 6.07) is 9.53. The first-order valence-corrected chi connectivity index (χ1v) is 7.05. The summed E-state index contributed by atoms with van der Waals surface area (Å²) in [5, 5.41) is 3.54. The van der Waals surface area contributed by atoms with Gasteiger partial charge in [0.05, 0.1) is 5.69 Å². The van der Waals surface area contributed by atoms with Crippen LogP contribution >= 0.6 is 11.3 Å². The number of benzene rings is 1. The number of carbonyl (C=O) groups is 1. The lowest BCUT2D eigenvalue weighted by Crippen LogP contribution is -2.22. The third kappa shape index (κ3) is 3.68. The molecule has 1 amide bonds. The van der Waals surface area contributed by atoms with Crippen LogP contribution in [0.2, 0.25) is 0 Å². The lowest BCUT2D eigenvalue weighted by Gasteiger charge is -2.02. The summed E-state index contributed by atoms with van der Waals surface area (Å²) >= 11 is 1.35. The largest absolute Gasteiger partial charge is 0.486 e. The number of hydrogen-bond donors (Lipinski definition) is 1. The predicted octanol–water partition coefficient (Wildman–Crippen LogP) is 2.95. The summed E-state index contributed by atoms with van der Waals surface area (Å²) in [5.41, 5.74) is 0.725. The minimum Gasteiger partial charge on any atom is -0.486 e. The molecular formula is C15H16N2O2S. The highest BCUT2D eigenvalue weighted by atomic mass is 32.1. The van der Waals surface area contributed by atoms with Crippen LogP contribution in [0.3, 0.4) is 0 Å². The van der Waals surface area contributed by atoms with E-state index in [1.165, 1.54) is 11.3 Å². The summed E-state index contributed by atoms with van der Waals surface area (Å²) in [6.45, 7) is 6.21. The van der Waals surface area contributed by atoms with Crippen molar-refractivity contribution in [3.63, 3.8) is 0 Å². The standard InChI is InChI=1S/C15H16N2O2S/c1-3-9-16-15(18)14-11(2)17-13(20-14)10-19-12-7-5-4-6-8-12/h3-8H,1,9-10H2,2H3,(H,16,18). The number of hydrogen-bond acceptors (Lipinski definition) is 4. The molecule has 0 atom stereocenters. The number of aromatic nitrogens is 1. The van der Waals surface area contributed by atoms with Gasteiger partial charge in [-0.1, -0.05) is 24.3 Å². The van der Waals surface area contributed by atoms with Gasteiger partial charge in [0.25, 0.3) is 5.91 Å². The Hall–Kier alpha value is -2.14. The molecule has 0 unspecified atom stereocenters. The number of ether oxygens (including phenoxy) is 1. The molecule has 2 rings (SSSR count). The van der Waals surface area contributed by atoms with Crippen LogP contribution < -0.4 is 10.1 Å². The van der Waals surface area contributed by atoms with Gasteiger partial charge in [0.15, 0.2) is 0 Å². The van der Waals surface area contributed by atoms with Gasteiger partial charge in [-0.25, -0.2) is 4.98 Å². The van der Waals surface area contributed by atoms with Crippen molar-refractivity contribution in [2.24, 2.45) is 0 Å². The minimum atomic E-state index is -0.120. The number of nitrogens with one attached hydrogen (secondary N) is 1. The molecule has 0 radical (unpaired) electrons. The summed E-state index contributed by atoms with van der Waals surface area (Å²) in [6.07, 6.45) is 1.65. The Morgan fingerprint density at radius 2 is 2.20 bits per heavy atom. The van der Waals surface area contributed by atoms with E-state index in [2.05, 4.69) is 16.9 Å². The van der Waals surface area contributed by atoms with Crippen LogP contribution in [0.5, 0.6) is 5.75 Å². The average molecular weight is 288 g/mol. The quantitative estimate of drug-likeness (QED) is 0.831. The Kier molecular flexibility index (Phi) is 4.90. The number of rotatable bonds is 6. The van der Waals surface area contributed by atoms with Gasteiger partial charge in [0.1, 0.15) is 22.2 Å². The fourth-order valence-electron chi connectivity index (χ4n) is 1.63. The van der Waals surface area contributed by atoms with E-state index in [0.29, 0.717) is 18.0 Å². The summed E-state index contributed by atoms with van der Waals surface area (Å²) in [4.78, 5) is 16.9. The van der Waals surface area contributed by atoms with E-state index >= 15 is 0 Å². The zero-order valence-electron chi connectivity index (χ0n) is 11.3. The van der Waals surface area contributed by atoms with Crippen LogP contribution in [-0.4, -0.2) is 17.4 Å². The maximum atomic E-state index is 11.9. The number of nitrogens with zero attached hydrogens (tertiary/aromatic N) is 1. The molecule has 0 saturated carbocycles. The van der Waals surface area contributed by atoms with Gasteiger partial charge in [-0.2, -0.15) is 0 Å². The van der Waals surface area contributed by atoms with Gasteiger partial charge in [-0.15, -0.1) is 17.9 Å². The third-order valence-corrected chi connectivity index (χ3v) is 3.69. The first kappa shape index (κ1) is 14.3. The topological polar surface area (TPSA) is 51.2 Å². The Bertz CT molecular complexity index is 593. The molecule has 0 bridgehead atoms. The highest BCUT2D eigenvalue weighted by Gasteiger charge is 2.14. The van der Waals surface area contributed by atoms with Crippen molar-refractivity contribution < 1.29 is 9.53 Å². The van der Waals surface area contributed by atoms with Crippen molar-refractivity contribution >= 4 is 17.2 Å². The van der Waals surface area contributed by atoms with Gasteiger partial charge in [0, 0.05) is 6.54 Å². The molecular weight excluding hydrogens is 272 g/mol. The van der Waals surface area contributed by atoms with Crippen LogP contribution in [0.25, 0.3) is 0 Å². The van der Waals surface area contributed by atoms with Crippen molar-refractivity contribution in [3.8, 4) is 5.75 Å². The number of thiazole rings is 1. The van der Waals surface area contributed by atoms with E-state index in [4.69, 9.17) is 4.74 Å². The average Bonchev–Trinajstić information content (AvgIpc) is 2.85. The minimum absolute atomic E-state index is 0.120. The first-order valence-electron chi connectivity index (χ1n) is 6.24. The van der Waals surface area contributed by atoms with E-state index in [-0.39, 0.29) is 5.91 Å². The number of para-hydroxylation sites is 1. The fraction of sp³-hybridized carbons (Fsp3) is 0.200. The zero-order chi connectivity index (χ0) is 14.4. The Labute approximate surface area is 122 Å². The van der Waals surface area contributed by atoms with Gasteiger partial charge in [-0.05, 0) is 19.1 Å². The number of carbonyl (C=O) groups excluding carboxylic acids is 1. The summed E-state index contributed by atoms with van der Waals surface area (Å²) in [5.74, 6) is 0.670. The van der Waals surface area contributed by atoms with E-state index in [0.717, 1.165) is 16.5 Å². The van der Waals surface area contributed by atoms with E-state index in [1.807, 2.05) is 37.3 Å². The Morgan fingerprint density at radius 3 is 2.90 bits per heavy atom. The first-order chi connectivity index (χ1) is 9.70. The highest BCUT2D eigenvalue weighted by molar-refractivity contribution is 7.13. The van der Waals surface area contributed by atoms with Crippen LogP contribution in [0.15, 0.2) is 43.0 Å². The smallest absolute Gasteiger partial charge is 0.263 e. The molecule has 1 aromatic heterocycles. The molecule has 5 heteroatoms. The Balaban J connectivity index is 2.00. The normalized spacial score (nSPS) is 10.1. The van der Waals surface area contributed by atoms with Crippen LogP contribution in [0.1, 0.15) is 20.4 Å². The molecule has 0 saturated heterocycles. The number of amides is 1. The molecule has 1 aromatic carbocycles. The molecule has 4 nitrogen and oxygen atoms in total. The summed E-state index contributed by atoms with van der Waals surface area (Å²) < 4.78 is 5.62. The van der Waals surface area contributed by atoms with Crippen LogP contribution in [0.4, 0.5) is 0 Å². The van der Waals surface area contributed by atoms with E-state index in [9.17, 15) is 4.79 Å². The molecule has 0 aliphatic rings. The highest BCUT2D eigenvalue weighted by Crippen LogP contribution is 2.20. The van der Waals surface area contributed by atoms with E-state index in [1.54, 1.807) is 6.08 Å². The zero-order valence-corrected chi connectivity index (χ0v) is 12.1. The van der Waals surface area contributed by atoms with Crippen molar-refractivity contribution in [1.82, 2.24) is 10.3 Å². The van der Waals surface area contributed by atoms with E-state index < -0.39 is 0 Å². The van der Waals surface area contributed by atoms with Crippen molar-refractivity contribution in [3.05, 3.63) is 58.6 Å². The molecule has 0 aliphatic carbocycles. The second kappa shape index (κ2) is 6.86. The SMILES string of the molecule is C=CCNC(=O)c1sc(COc2ccccc2)nc1C. The van der Waals surface area contributed by atoms with Crippen LogP contribution in [0, 0.1) is 6.92 Å². The lowest BCUT2D eigenvalue weighted by atomic mass is 10.3. The van der Waals surface area contributed by atoms with Crippen molar-refractivity contribution in [2.75, 3.05) is 6.54 Å². The van der Waals surface area contributed by atoms with Gasteiger partial charge in [0.2, 0.25) is 0 Å². The maximum absolute atomic E-state index is 11.9. The molecule has 2 aromatic rings. The monoisotopic (exact) mass is 288 g/mol. The Morgan fingerprint density at radius 1 is 1.45 bits per heavy atom. The van der Waals surface area contributed by atoms with Gasteiger partial charge < -0.3 is 10.1 Å². The van der Waals surface area contributed by atoms with Gasteiger partial charge in [-0.3, -0.25) is 4.79 Å². The third-order valence-electron chi connectivity index (χ3n) is 2.56. The maximum Gasteiger partial charge on any atom is 0.263 e. The molecule has 104 valence electrons. The lowest BCUT2D eigenvalue weighted by molar-refractivity contribution is 0.0961.